The van der Waals surface area contributed by atoms with Gasteiger partial charge in [0.15, 0.2) is 0 Å². The Kier molecular flexibility index (Phi) is 6.20. The summed E-state index contributed by atoms with van der Waals surface area (Å²) in [6.45, 7) is -0.157. The molecule has 2 aromatic carbocycles. The second kappa shape index (κ2) is 8.35. The molecule has 2 amide bonds. The van der Waals surface area contributed by atoms with Crippen molar-refractivity contribution >= 4 is 33.4 Å². The van der Waals surface area contributed by atoms with Gasteiger partial charge in [-0.3, -0.25) is 9.59 Å². The Morgan fingerprint density at radius 1 is 1.04 bits per heavy atom. The number of hydrogen-bond donors (Lipinski definition) is 2. The van der Waals surface area contributed by atoms with Crippen LogP contribution in [0.4, 0.5) is 5.69 Å². The molecule has 2 N–H and O–H groups in total. The molecule has 0 spiro atoms. The van der Waals surface area contributed by atoms with Crippen LogP contribution in [-0.4, -0.2) is 32.6 Å². The number of rotatable bonds is 6. The molecule has 2 aromatic rings. The molecule has 0 bridgehead atoms. The van der Waals surface area contributed by atoms with E-state index < -0.39 is 0 Å². The van der Waals surface area contributed by atoms with E-state index in [0.29, 0.717) is 22.7 Å². The van der Waals surface area contributed by atoms with Crippen molar-refractivity contribution in [2.75, 3.05) is 26.1 Å². The molecule has 0 atom stereocenters. The van der Waals surface area contributed by atoms with Crippen molar-refractivity contribution in [3.05, 3.63) is 52.5 Å². The van der Waals surface area contributed by atoms with Crippen molar-refractivity contribution in [1.29, 1.82) is 0 Å². The average molecular weight is 393 g/mol. The zero-order valence-electron chi connectivity index (χ0n) is 13.3. The van der Waals surface area contributed by atoms with Crippen LogP contribution >= 0.6 is 15.9 Å². The van der Waals surface area contributed by atoms with Crippen molar-refractivity contribution in [3.8, 4) is 11.5 Å². The standard InChI is InChI=1S/C17H17BrN2O4/c1-23-13-7-8-15(24-2)14(9-13)20-16(21)10-19-17(22)11-3-5-12(18)6-4-11/h3-9H,10H2,1-2H3,(H,19,22)(H,20,21). The molecule has 0 saturated heterocycles. The molecule has 0 aliphatic heterocycles. The molecule has 7 heteroatoms. The van der Waals surface area contributed by atoms with E-state index in [2.05, 4.69) is 26.6 Å². The fourth-order valence-corrected chi connectivity index (χ4v) is 2.23. The number of nitrogens with one attached hydrogen (secondary N) is 2. The summed E-state index contributed by atoms with van der Waals surface area (Å²) in [5.74, 6) is 0.399. The van der Waals surface area contributed by atoms with Crippen LogP contribution < -0.4 is 20.1 Å². The maximum atomic E-state index is 12.0. The van der Waals surface area contributed by atoms with Gasteiger partial charge in [0.1, 0.15) is 11.5 Å². The van der Waals surface area contributed by atoms with Gasteiger partial charge in [0, 0.05) is 16.1 Å². The highest BCUT2D eigenvalue weighted by Crippen LogP contribution is 2.28. The highest BCUT2D eigenvalue weighted by molar-refractivity contribution is 9.10. The van der Waals surface area contributed by atoms with Gasteiger partial charge in [-0.15, -0.1) is 0 Å². The number of hydrogen-bond acceptors (Lipinski definition) is 4. The Morgan fingerprint density at radius 2 is 1.75 bits per heavy atom. The summed E-state index contributed by atoms with van der Waals surface area (Å²) in [6, 6.07) is 11.9. The SMILES string of the molecule is COc1ccc(OC)c(NC(=O)CNC(=O)c2ccc(Br)cc2)c1. The van der Waals surface area contributed by atoms with Crippen LogP contribution in [0.25, 0.3) is 0 Å². The molecule has 0 heterocycles. The Hall–Kier alpha value is -2.54. The van der Waals surface area contributed by atoms with Crippen molar-refractivity contribution in [3.63, 3.8) is 0 Å². The minimum Gasteiger partial charge on any atom is -0.497 e. The molecule has 6 nitrogen and oxygen atoms in total. The van der Waals surface area contributed by atoms with Crippen LogP contribution in [0.2, 0.25) is 0 Å². The number of anilines is 1. The molecule has 0 radical (unpaired) electrons. The average Bonchev–Trinajstić information content (AvgIpc) is 2.60. The van der Waals surface area contributed by atoms with E-state index >= 15 is 0 Å². The van der Waals surface area contributed by atoms with Crippen LogP contribution in [0.15, 0.2) is 46.9 Å². The zero-order valence-corrected chi connectivity index (χ0v) is 14.8. The first-order chi connectivity index (χ1) is 11.5. The summed E-state index contributed by atoms with van der Waals surface area (Å²) >= 11 is 3.30. The quantitative estimate of drug-likeness (QED) is 0.792. The first kappa shape index (κ1) is 17.8. The van der Waals surface area contributed by atoms with Crippen molar-refractivity contribution < 1.29 is 19.1 Å². The van der Waals surface area contributed by atoms with Gasteiger partial charge in [-0.05, 0) is 36.4 Å². The molecule has 2 rings (SSSR count). The molecular formula is C17H17BrN2O4. The summed E-state index contributed by atoms with van der Waals surface area (Å²) in [6.07, 6.45) is 0. The lowest BCUT2D eigenvalue weighted by Crippen LogP contribution is -2.32. The van der Waals surface area contributed by atoms with Crippen LogP contribution in [0.3, 0.4) is 0 Å². The minimum absolute atomic E-state index is 0.157. The lowest BCUT2D eigenvalue weighted by Gasteiger charge is -2.12. The predicted molar refractivity (Wildman–Crippen MR) is 94.7 cm³/mol. The third-order valence-corrected chi connectivity index (χ3v) is 3.73. The van der Waals surface area contributed by atoms with Crippen LogP contribution in [0.1, 0.15) is 10.4 Å². The second-order valence-electron chi connectivity index (χ2n) is 4.80. The predicted octanol–water partition coefficient (Wildman–Crippen LogP) is 2.83. The molecule has 0 aliphatic rings. The highest BCUT2D eigenvalue weighted by Gasteiger charge is 2.11. The number of methoxy groups -OCH3 is 2. The Labute approximate surface area is 148 Å². The number of amides is 2. The maximum Gasteiger partial charge on any atom is 0.251 e. The van der Waals surface area contributed by atoms with E-state index in [1.807, 2.05) is 0 Å². The molecule has 24 heavy (non-hydrogen) atoms. The van der Waals surface area contributed by atoms with Crippen molar-refractivity contribution in [2.24, 2.45) is 0 Å². The smallest absolute Gasteiger partial charge is 0.251 e. The molecular weight excluding hydrogens is 376 g/mol. The molecule has 0 fully saturated rings. The Morgan fingerprint density at radius 3 is 2.38 bits per heavy atom. The van der Waals surface area contributed by atoms with Crippen LogP contribution in [0.5, 0.6) is 11.5 Å². The molecule has 0 aromatic heterocycles. The summed E-state index contributed by atoms with van der Waals surface area (Å²) < 4.78 is 11.2. The van der Waals surface area contributed by atoms with Crippen LogP contribution in [-0.2, 0) is 4.79 Å². The highest BCUT2D eigenvalue weighted by atomic mass is 79.9. The van der Waals surface area contributed by atoms with E-state index in [-0.39, 0.29) is 18.4 Å². The van der Waals surface area contributed by atoms with E-state index in [0.717, 1.165) is 4.47 Å². The van der Waals surface area contributed by atoms with Crippen molar-refractivity contribution in [2.45, 2.75) is 0 Å². The third-order valence-electron chi connectivity index (χ3n) is 3.20. The van der Waals surface area contributed by atoms with Gasteiger partial charge in [0.05, 0.1) is 26.5 Å². The van der Waals surface area contributed by atoms with E-state index in [1.165, 1.54) is 14.2 Å². The fourth-order valence-electron chi connectivity index (χ4n) is 1.97. The summed E-state index contributed by atoms with van der Waals surface area (Å²) in [4.78, 5) is 24.0. The Bertz CT molecular complexity index is 732. The van der Waals surface area contributed by atoms with Gasteiger partial charge in [-0.1, -0.05) is 15.9 Å². The van der Waals surface area contributed by atoms with E-state index in [4.69, 9.17) is 9.47 Å². The summed E-state index contributed by atoms with van der Waals surface area (Å²) in [7, 11) is 3.04. The van der Waals surface area contributed by atoms with Gasteiger partial charge in [0.25, 0.3) is 5.91 Å². The van der Waals surface area contributed by atoms with Gasteiger partial charge < -0.3 is 20.1 Å². The van der Waals surface area contributed by atoms with E-state index in [1.54, 1.807) is 42.5 Å². The lowest BCUT2D eigenvalue weighted by atomic mass is 10.2. The number of benzene rings is 2. The zero-order chi connectivity index (χ0) is 17.5. The monoisotopic (exact) mass is 392 g/mol. The van der Waals surface area contributed by atoms with Gasteiger partial charge >= 0.3 is 0 Å². The minimum atomic E-state index is -0.369. The summed E-state index contributed by atoms with van der Waals surface area (Å²) in [5, 5.41) is 5.25. The molecule has 0 saturated carbocycles. The largest absolute Gasteiger partial charge is 0.497 e. The molecule has 0 aliphatic carbocycles. The number of carbonyl (C=O) groups excluding carboxylic acids is 2. The topological polar surface area (TPSA) is 76.7 Å². The normalized spacial score (nSPS) is 9.96. The van der Waals surface area contributed by atoms with Crippen molar-refractivity contribution in [1.82, 2.24) is 5.32 Å². The third kappa shape index (κ3) is 4.73. The first-order valence-electron chi connectivity index (χ1n) is 7.09. The van der Waals surface area contributed by atoms with E-state index in [9.17, 15) is 9.59 Å². The number of halogens is 1. The fraction of sp³-hybridized carbons (Fsp3) is 0.176. The Balaban J connectivity index is 1.96. The second-order valence-corrected chi connectivity index (χ2v) is 5.72. The van der Waals surface area contributed by atoms with Gasteiger partial charge in [-0.2, -0.15) is 0 Å². The maximum absolute atomic E-state index is 12.0. The lowest BCUT2D eigenvalue weighted by molar-refractivity contribution is -0.115. The number of carbonyl (C=O) groups is 2. The first-order valence-corrected chi connectivity index (χ1v) is 7.88. The summed E-state index contributed by atoms with van der Waals surface area (Å²) in [5.41, 5.74) is 0.949. The van der Waals surface area contributed by atoms with Gasteiger partial charge in [-0.25, -0.2) is 0 Å². The van der Waals surface area contributed by atoms with Crippen LogP contribution in [0, 0.1) is 0 Å². The number of ether oxygens (including phenoxy) is 2. The van der Waals surface area contributed by atoms with Gasteiger partial charge in [0.2, 0.25) is 5.91 Å². The molecule has 0 unspecified atom stereocenters. The molecule has 126 valence electrons.